The Morgan fingerprint density at radius 2 is 1.52 bits per heavy atom. The summed E-state index contributed by atoms with van der Waals surface area (Å²) in [5.41, 5.74) is 2.26. The molecule has 15 nitrogen and oxygen atoms in total. The van der Waals surface area contributed by atoms with E-state index in [9.17, 15) is 36.7 Å². The van der Waals surface area contributed by atoms with Crippen LogP contribution < -0.4 is 15.5 Å². The number of hydrogen-bond acceptors (Lipinski definition) is 11. The highest BCUT2D eigenvalue weighted by Gasteiger charge is 2.65. The fraction of sp³-hybridized carbons (Fsp3) is 0.476. The first-order valence-corrected chi connectivity index (χ1v) is 20.0. The van der Waals surface area contributed by atoms with Crippen LogP contribution in [0.3, 0.4) is 0 Å². The van der Waals surface area contributed by atoms with Crippen molar-refractivity contribution >= 4 is 35.4 Å². The number of benzene rings is 2. The first kappa shape index (κ1) is 44.6. The van der Waals surface area contributed by atoms with Crippen molar-refractivity contribution in [1.82, 2.24) is 30.5 Å². The number of aromatic nitrogens is 5. The van der Waals surface area contributed by atoms with Crippen molar-refractivity contribution in [3.63, 3.8) is 0 Å². The lowest BCUT2D eigenvalue weighted by molar-refractivity contribution is -0.231. The second kappa shape index (κ2) is 18.7. The summed E-state index contributed by atoms with van der Waals surface area (Å²) < 4.78 is 66.8. The number of morpholine rings is 1. The number of aromatic amines is 1. The normalized spacial score (nSPS) is 17.9. The molecule has 1 aliphatic heterocycles. The van der Waals surface area contributed by atoms with Crippen molar-refractivity contribution in [3.8, 4) is 22.5 Å². The lowest BCUT2D eigenvalue weighted by Gasteiger charge is -2.29. The van der Waals surface area contributed by atoms with E-state index in [4.69, 9.17) is 14.6 Å². The number of ether oxygens (including phenoxy) is 2. The number of nitrogens with one attached hydrogen (secondary N) is 3. The maximum Gasteiger partial charge on any atom is 0.411 e. The topological polar surface area (TPSA) is 202 Å². The molecule has 19 heteroatoms. The minimum absolute atomic E-state index is 0.0385. The molecule has 2 aromatic carbocycles. The van der Waals surface area contributed by atoms with E-state index in [0.717, 1.165) is 29.5 Å². The standard InChI is InChI=1S/C42H48F4N8O7/c1-40(2,3)61-39(59)49-22-26-6-10-28(11-7-26)33(55)21-30(20-25-4-8-27(9-5-25)31-23-47-38(48-24-31)54-16-18-60-19-17-54)35(56)50-32-14-12-29(13-15-32)34-51-36(53-52-34)41(43,44)42(45,46)37(57)58/h4-5,8-9,12-15,23-24,26,28,30H,6-7,10-11,16-22H2,1-3H3,(H,49,59)(H,50,56)(H,57,58)(H,51,52,53)/t26?,28?,30-/m1/s1. The molecule has 2 fully saturated rings. The van der Waals surface area contributed by atoms with Gasteiger partial charge in [-0.2, -0.15) is 22.7 Å². The molecule has 326 valence electrons. The van der Waals surface area contributed by atoms with Crippen LogP contribution in [0.2, 0.25) is 0 Å². The molecule has 0 spiro atoms. The number of carboxylic acid groups (broad SMARTS) is 1. The summed E-state index contributed by atoms with van der Waals surface area (Å²) in [7, 11) is 0. The third-order valence-corrected chi connectivity index (χ3v) is 10.6. The predicted molar refractivity (Wildman–Crippen MR) is 214 cm³/mol. The molecule has 6 rings (SSSR count). The SMILES string of the molecule is CC(C)(C)OC(=O)NCC1CCC(C(=O)C[C@@H](Cc2ccc(-c3cnc(N4CCOCC4)nc3)cc2)C(=O)Nc2ccc(-c3n[nH]c(C(F)(F)C(F)(F)C(=O)O)n3)cc2)CC1. The number of Topliss-reactive ketones (excluding diaryl/α,β-unsaturated/α-hetero) is 1. The third-order valence-electron chi connectivity index (χ3n) is 10.6. The minimum Gasteiger partial charge on any atom is -0.477 e. The molecule has 1 saturated carbocycles. The molecular formula is C42H48F4N8O7. The van der Waals surface area contributed by atoms with Crippen LogP contribution in [0, 0.1) is 17.8 Å². The molecular weight excluding hydrogens is 805 g/mol. The molecule has 4 N–H and O–H groups in total. The van der Waals surface area contributed by atoms with Crippen molar-refractivity contribution in [2.24, 2.45) is 17.8 Å². The van der Waals surface area contributed by atoms with Gasteiger partial charge in [0.2, 0.25) is 17.7 Å². The van der Waals surface area contributed by atoms with E-state index in [-0.39, 0.29) is 36.0 Å². The first-order valence-electron chi connectivity index (χ1n) is 20.0. The number of carbonyl (C=O) groups excluding carboxylic acids is 3. The average Bonchev–Trinajstić information content (AvgIpc) is 3.75. The molecule has 0 bridgehead atoms. The number of nitrogens with zero attached hydrogens (tertiary/aromatic N) is 5. The van der Waals surface area contributed by atoms with Gasteiger partial charge < -0.3 is 30.1 Å². The van der Waals surface area contributed by atoms with Crippen molar-refractivity contribution < 1.29 is 51.3 Å². The highest BCUT2D eigenvalue weighted by Crippen LogP contribution is 2.42. The van der Waals surface area contributed by atoms with E-state index in [1.165, 1.54) is 24.3 Å². The zero-order valence-corrected chi connectivity index (χ0v) is 33.9. The zero-order chi connectivity index (χ0) is 44.0. The number of aliphatic carboxylic acids is 1. The fourth-order valence-corrected chi connectivity index (χ4v) is 7.17. The van der Waals surface area contributed by atoms with E-state index < -0.39 is 53.0 Å². The maximum absolute atomic E-state index is 14.3. The molecule has 1 atom stereocenters. The Hall–Kier alpha value is -5.98. The lowest BCUT2D eigenvalue weighted by Crippen LogP contribution is -2.45. The Labute approximate surface area is 349 Å². The third kappa shape index (κ3) is 11.2. The molecule has 0 radical (unpaired) electrons. The van der Waals surface area contributed by atoms with Crippen LogP contribution in [0.25, 0.3) is 22.5 Å². The van der Waals surface area contributed by atoms with Crippen molar-refractivity contribution in [3.05, 3.63) is 72.3 Å². The van der Waals surface area contributed by atoms with Gasteiger partial charge in [0.25, 0.3) is 0 Å². The number of carbonyl (C=O) groups is 4. The maximum atomic E-state index is 14.3. The molecule has 4 aromatic rings. The molecule has 2 aliphatic rings. The summed E-state index contributed by atoms with van der Waals surface area (Å²) in [6.07, 6.45) is 5.87. The predicted octanol–water partition coefficient (Wildman–Crippen LogP) is 6.66. The molecule has 0 unspecified atom stereocenters. The summed E-state index contributed by atoms with van der Waals surface area (Å²) in [6.45, 7) is 8.44. The van der Waals surface area contributed by atoms with Gasteiger partial charge >= 0.3 is 23.9 Å². The van der Waals surface area contributed by atoms with Crippen LogP contribution in [0.4, 0.5) is 34.0 Å². The summed E-state index contributed by atoms with van der Waals surface area (Å²) >= 11 is 0. The highest BCUT2D eigenvalue weighted by atomic mass is 19.3. The molecule has 3 heterocycles. The summed E-state index contributed by atoms with van der Waals surface area (Å²) in [4.78, 5) is 65.2. The summed E-state index contributed by atoms with van der Waals surface area (Å²) in [5, 5.41) is 19.5. The Kier molecular flexibility index (Phi) is 13.7. The van der Waals surface area contributed by atoms with Crippen LogP contribution in [-0.4, -0.2) is 98.4 Å². The highest BCUT2D eigenvalue weighted by molar-refractivity contribution is 5.96. The lowest BCUT2D eigenvalue weighted by atomic mass is 9.77. The van der Waals surface area contributed by atoms with Crippen LogP contribution in [0.15, 0.2) is 60.9 Å². The van der Waals surface area contributed by atoms with E-state index >= 15 is 0 Å². The van der Waals surface area contributed by atoms with Crippen LogP contribution in [-0.2, 0) is 36.2 Å². The second-order valence-corrected chi connectivity index (χ2v) is 16.3. The van der Waals surface area contributed by atoms with Gasteiger partial charge in [0.05, 0.1) is 13.2 Å². The number of halogens is 4. The van der Waals surface area contributed by atoms with E-state index in [2.05, 4.69) is 35.6 Å². The average molecular weight is 853 g/mol. The number of rotatable bonds is 15. The second-order valence-electron chi connectivity index (χ2n) is 16.3. The molecule has 2 aromatic heterocycles. The number of ketones is 1. The summed E-state index contributed by atoms with van der Waals surface area (Å²) in [6, 6.07) is 13.2. The Morgan fingerprint density at radius 3 is 2.13 bits per heavy atom. The largest absolute Gasteiger partial charge is 0.477 e. The van der Waals surface area contributed by atoms with E-state index in [0.29, 0.717) is 57.3 Å². The van der Waals surface area contributed by atoms with Crippen molar-refractivity contribution in [2.45, 2.75) is 76.7 Å². The number of alkyl carbamates (subject to hydrolysis) is 1. The zero-order valence-electron chi connectivity index (χ0n) is 33.9. The number of hydrogen-bond donors (Lipinski definition) is 4. The van der Waals surface area contributed by atoms with E-state index in [1.54, 1.807) is 38.3 Å². The van der Waals surface area contributed by atoms with Gasteiger partial charge in [0, 0.05) is 67.1 Å². The van der Waals surface area contributed by atoms with Gasteiger partial charge in [-0.05, 0) is 94.2 Å². The van der Waals surface area contributed by atoms with Gasteiger partial charge in [-0.25, -0.2) is 24.5 Å². The number of carboxylic acids is 1. The Bertz CT molecular complexity index is 2150. The Morgan fingerprint density at radius 1 is 0.902 bits per heavy atom. The first-order chi connectivity index (χ1) is 28.9. The van der Waals surface area contributed by atoms with Crippen LogP contribution in [0.5, 0.6) is 0 Å². The number of amides is 2. The van der Waals surface area contributed by atoms with Gasteiger partial charge in [0.15, 0.2) is 5.82 Å². The fourth-order valence-electron chi connectivity index (χ4n) is 7.17. The smallest absolute Gasteiger partial charge is 0.411 e. The van der Waals surface area contributed by atoms with E-state index in [1.807, 2.05) is 24.3 Å². The Balaban J connectivity index is 1.12. The minimum atomic E-state index is -5.44. The molecule has 1 saturated heterocycles. The van der Waals surface area contributed by atoms with Gasteiger partial charge in [-0.3, -0.25) is 14.7 Å². The monoisotopic (exact) mass is 852 g/mol. The van der Waals surface area contributed by atoms with Gasteiger partial charge in [0.1, 0.15) is 11.4 Å². The quantitative estimate of drug-likeness (QED) is 0.0928. The number of anilines is 2. The van der Waals surface area contributed by atoms with Crippen LogP contribution in [0.1, 0.15) is 64.3 Å². The number of H-pyrrole nitrogens is 1. The molecule has 2 amide bonds. The number of alkyl halides is 4. The summed E-state index contributed by atoms with van der Waals surface area (Å²) in [5.74, 6) is -16.4. The molecule has 1 aliphatic carbocycles. The van der Waals surface area contributed by atoms with Crippen molar-refractivity contribution in [2.75, 3.05) is 43.1 Å². The van der Waals surface area contributed by atoms with Gasteiger partial charge in [-0.15, -0.1) is 0 Å². The van der Waals surface area contributed by atoms with Gasteiger partial charge in [-0.1, -0.05) is 24.3 Å². The van der Waals surface area contributed by atoms with Crippen LogP contribution >= 0.6 is 0 Å². The van der Waals surface area contributed by atoms with Crippen molar-refractivity contribution in [1.29, 1.82) is 0 Å². The molecule has 61 heavy (non-hydrogen) atoms.